The number of primary amides is 1. The summed E-state index contributed by atoms with van der Waals surface area (Å²) in [6.45, 7) is 4.05. The van der Waals surface area contributed by atoms with Crippen molar-refractivity contribution in [3.05, 3.63) is 0 Å². The third-order valence-electron chi connectivity index (χ3n) is 1.77. The van der Waals surface area contributed by atoms with Gasteiger partial charge in [-0.2, -0.15) is 13.2 Å². The molecule has 0 aromatic heterocycles. The smallest absolute Gasteiger partial charge is 0.475 e. The largest absolute Gasteiger partial charge is 0.490 e. The molecular weight excluding hydrogens is 227 g/mol. The number of carbonyl (C=O) groups is 2. The van der Waals surface area contributed by atoms with E-state index in [-0.39, 0.29) is 11.8 Å². The maximum atomic E-state index is 10.6. The number of hydrogen-bond acceptors (Lipinski definition) is 2. The van der Waals surface area contributed by atoms with Gasteiger partial charge in [0.2, 0.25) is 5.91 Å². The van der Waals surface area contributed by atoms with E-state index in [0.717, 1.165) is 19.3 Å². The van der Waals surface area contributed by atoms with Gasteiger partial charge in [-0.25, -0.2) is 4.79 Å². The van der Waals surface area contributed by atoms with Crippen LogP contribution in [-0.2, 0) is 9.59 Å². The summed E-state index contributed by atoms with van der Waals surface area (Å²) >= 11 is 0. The first kappa shape index (κ1) is 17.1. The third kappa shape index (κ3) is 9.29. The zero-order valence-electron chi connectivity index (χ0n) is 9.17. The van der Waals surface area contributed by atoms with Crippen LogP contribution in [0.25, 0.3) is 0 Å². The van der Waals surface area contributed by atoms with Crippen molar-refractivity contribution >= 4 is 11.9 Å². The van der Waals surface area contributed by atoms with Crippen LogP contribution >= 0.6 is 0 Å². The summed E-state index contributed by atoms with van der Waals surface area (Å²) in [6.07, 6.45) is -2.23. The number of halogens is 3. The van der Waals surface area contributed by atoms with Gasteiger partial charge in [-0.1, -0.05) is 20.3 Å². The minimum absolute atomic E-state index is 0.106. The lowest BCUT2D eigenvalue weighted by Gasteiger charge is -2.06. The van der Waals surface area contributed by atoms with Gasteiger partial charge in [-0.05, 0) is 12.8 Å². The molecule has 3 N–H and O–H groups in total. The maximum Gasteiger partial charge on any atom is 0.490 e. The van der Waals surface area contributed by atoms with Crippen molar-refractivity contribution in [1.82, 2.24) is 0 Å². The van der Waals surface area contributed by atoms with E-state index in [1.54, 1.807) is 0 Å². The number of rotatable bonds is 4. The van der Waals surface area contributed by atoms with Crippen LogP contribution in [0.1, 0.15) is 33.1 Å². The zero-order valence-corrected chi connectivity index (χ0v) is 9.17. The Morgan fingerprint density at radius 2 is 1.69 bits per heavy atom. The predicted molar refractivity (Wildman–Crippen MR) is 51.6 cm³/mol. The van der Waals surface area contributed by atoms with Crippen LogP contribution in [0.4, 0.5) is 13.2 Å². The summed E-state index contributed by atoms with van der Waals surface area (Å²) in [5, 5.41) is 7.12. The second-order valence-electron chi connectivity index (χ2n) is 3.10. The Morgan fingerprint density at radius 3 is 1.75 bits per heavy atom. The first-order valence-electron chi connectivity index (χ1n) is 4.76. The molecule has 4 nitrogen and oxygen atoms in total. The van der Waals surface area contributed by atoms with Crippen molar-refractivity contribution in [2.75, 3.05) is 0 Å². The molecule has 0 radical (unpaired) electrons. The van der Waals surface area contributed by atoms with E-state index in [1.165, 1.54) is 0 Å². The molecule has 0 aromatic rings. The molecule has 1 amide bonds. The number of nitrogens with two attached hydrogens (primary N) is 1. The number of carbonyl (C=O) groups excluding carboxylic acids is 1. The van der Waals surface area contributed by atoms with Crippen LogP contribution < -0.4 is 5.73 Å². The third-order valence-corrected chi connectivity index (χ3v) is 1.77. The van der Waals surface area contributed by atoms with E-state index in [9.17, 15) is 18.0 Å². The molecule has 0 rings (SSSR count). The fourth-order valence-corrected chi connectivity index (χ4v) is 0.896. The Balaban J connectivity index is 0. The van der Waals surface area contributed by atoms with Gasteiger partial charge in [0.1, 0.15) is 0 Å². The molecule has 0 fully saturated rings. The van der Waals surface area contributed by atoms with Gasteiger partial charge in [0.15, 0.2) is 0 Å². The number of aliphatic carboxylic acids is 1. The molecule has 0 spiro atoms. The molecule has 0 saturated carbocycles. The lowest BCUT2D eigenvalue weighted by atomic mass is 10.0. The van der Waals surface area contributed by atoms with Gasteiger partial charge >= 0.3 is 12.1 Å². The van der Waals surface area contributed by atoms with Crippen molar-refractivity contribution in [1.29, 1.82) is 0 Å². The van der Waals surface area contributed by atoms with Crippen molar-refractivity contribution in [2.24, 2.45) is 11.7 Å². The van der Waals surface area contributed by atoms with E-state index in [2.05, 4.69) is 6.92 Å². The van der Waals surface area contributed by atoms with Crippen LogP contribution in [0.2, 0.25) is 0 Å². The topological polar surface area (TPSA) is 80.4 Å². The predicted octanol–water partition coefficient (Wildman–Crippen LogP) is 1.93. The molecule has 1 unspecified atom stereocenters. The molecule has 0 aliphatic heterocycles. The van der Waals surface area contributed by atoms with E-state index in [4.69, 9.17) is 15.6 Å². The van der Waals surface area contributed by atoms with Crippen molar-refractivity contribution in [3.8, 4) is 0 Å². The molecule has 0 saturated heterocycles. The number of hydrogen-bond donors (Lipinski definition) is 2. The molecular formula is C9H16F3NO3. The van der Waals surface area contributed by atoms with Crippen LogP contribution in [0.15, 0.2) is 0 Å². The standard InChI is InChI=1S/C7H15NO.C2HF3O2/c1-3-5-6(4-2)7(8)9;3-2(4,5)1(6)7/h6H,3-5H2,1-2H3,(H2,8,9);(H,6,7). The summed E-state index contributed by atoms with van der Waals surface area (Å²) in [6, 6.07) is 0. The monoisotopic (exact) mass is 243 g/mol. The number of amides is 1. The fraction of sp³-hybridized carbons (Fsp3) is 0.778. The van der Waals surface area contributed by atoms with Crippen LogP contribution in [0.3, 0.4) is 0 Å². The fourth-order valence-electron chi connectivity index (χ4n) is 0.896. The molecule has 1 atom stereocenters. The quantitative estimate of drug-likeness (QED) is 0.791. The first-order chi connectivity index (χ1) is 7.16. The first-order valence-corrected chi connectivity index (χ1v) is 4.76. The van der Waals surface area contributed by atoms with Crippen LogP contribution in [0, 0.1) is 5.92 Å². The van der Waals surface area contributed by atoms with E-state index >= 15 is 0 Å². The second-order valence-corrected chi connectivity index (χ2v) is 3.10. The molecule has 0 heterocycles. The van der Waals surface area contributed by atoms with Gasteiger partial charge < -0.3 is 10.8 Å². The average molecular weight is 243 g/mol. The van der Waals surface area contributed by atoms with Gasteiger partial charge in [0, 0.05) is 5.92 Å². The van der Waals surface area contributed by atoms with Crippen LogP contribution in [0.5, 0.6) is 0 Å². The Morgan fingerprint density at radius 1 is 1.31 bits per heavy atom. The number of carboxylic acids is 1. The molecule has 0 aliphatic carbocycles. The minimum Gasteiger partial charge on any atom is -0.475 e. The minimum atomic E-state index is -5.08. The highest BCUT2D eigenvalue weighted by atomic mass is 19.4. The van der Waals surface area contributed by atoms with E-state index in [1.807, 2.05) is 6.92 Å². The summed E-state index contributed by atoms with van der Waals surface area (Å²) in [7, 11) is 0. The lowest BCUT2D eigenvalue weighted by Crippen LogP contribution is -2.22. The van der Waals surface area contributed by atoms with Gasteiger partial charge in [0.05, 0.1) is 0 Å². The molecule has 0 bridgehead atoms. The molecule has 7 heteroatoms. The highest BCUT2D eigenvalue weighted by Crippen LogP contribution is 2.13. The Bertz CT molecular complexity index is 229. The van der Waals surface area contributed by atoms with Crippen LogP contribution in [-0.4, -0.2) is 23.2 Å². The molecule has 96 valence electrons. The van der Waals surface area contributed by atoms with Crippen molar-refractivity contribution < 1.29 is 27.9 Å². The van der Waals surface area contributed by atoms with Crippen molar-refractivity contribution in [2.45, 2.75) is 39.3 Å². The number of alkyl halides is 3. The van der Waals surface area contributed by atoms with E-state index in [0.29, 0.717) is 0 Å². The van der Waals surface area contributed by atoms with E-state index < -0.39 is 12.1 Å². The SMILES string of the molecule is CCCC(CC)C(N)=O.O=C(O)C(F)(F)F. The van der Waals surface area contributed by atoms with Gasteiger partial charge in [-0.15, -0.1) is 0 Å². The van der Waals surface area contributed by atoms with Crippen molar-refractivity contribution in [3.63, 3.8) is 0 Å². The number of carboxylic acid groups (broad SMARTS) is 1. The molecule has 0 aliphatic rings. The summed E-state index contributed by atoms with van der Waals surface area (Å²) < 4.78 is 31.7. The summed E-state index contributed by atoms with van der Waals surface area (Å²) in [5.74, 6) is -2.80. The highest BCUT2D eigenvalue weighted by Gasteiger charge is 2.38. The molecule has 16 heavy (non-hydrogen) atoms. The maximum absolute atomic E-state index is 10.6. The Labute approximate surface area is 91.6 Å². The lowest BCUT2D eigenvalue weighted by molar-refractivity contribution is -0.192. The second kappa shape index (κ2) is 7.95. The van der Waals surface area contributed by atoms with Gasteiger partial charge in [0.25, 0.3) is 0 Å². The Kier molecular flexibility index (Phi) is 8.51. The average Bonchev–Trinajstić information content (AvgIpc) is 2.13. The summed E-state index contributed by atoms with van der Waals surface area (Å²) in [5.41, 5.74) is 5.09. The summed E-state index contributed by atoms with van der Waals surface area (Å²) in [4.78, 5) is 19.4. The van der Waals surface area contributed by atoms with Gasteiger partial charge in [-0.3, -0.25) is 4.79 Å². The molecule has 0 aromatic carbocycles. The highest BCUT2D eigenvalue weighted by molar-refractivity contribution is 5.76. The normalized spacial score (nSPS) is 12.3. The zero-order chi connectivity index (χ0) is 13.4. The Hall–Kier alpha value is -1.27.